The van der Waals surface area contributed by atoms with E-state index in [2.05, 4.69) is 15.1 Å². The van der Waals surface area contributed by atoms with E-state index in [-0.39, 0.29) is 5.91 Å². The lowest BCUT2D eigenvalue weighted by molar-refractivity contribution is -0.118. The lowest BCUT2D eigenvalue weighted by atomic mass is 10.2. The van der Waals surface area contributed by atoms with Crippen LogP contribution in [0.2, 0.25) is 5.02 Å². The lowest BCUT2D eigenvalue weighted by Gasteiger charge is -2.09. The Balaban J connectivity index is 2.39. The zero-order valence-electron chi connectivity index (χ0n) is 11.6. The first-order valence-corrected chi connectivity index (χ1v) is 6.61. The lowest BCUT2D eigenvalue weighted by Crippen LogP contribution is -2.12. The predicted molar refractivity (Wildman–Crippen MR) is 81.7 cm³/mol. The van der Waals surface area contributed by atoms with Crippen LogP contribution in [0.4, 0.5) is 0 Å². The van der Waals surface area contributed by atoms with Crippen LogP contribution in [0.25, 0.3) is 5.69 Å². The van der Waals surface area contributed by atoms with E-state index < -0.39 is 0 Å². The third-order valence-corrected chi connectivity index (χ3v) is 3.20. The Morgan fingerprint density at radius 1 is 1.35 bits per heavy atom. The second-order valence-electron chi connectivity index (χ2n) is 4.57. The first-order chi connectivity index (χ1) is 9.49. The standard InChI is InChI=1S/C15H16ClN3O/c1-10-7-13(9-17-18-12(3)20)11(2)19(10)15-6-4-5-14(16)8-15/h4-9H,1-3H3,(H,18,20). The number of aryl methyl sites for hydroxylation is 1. The highest BCUT2D eigenvalue weighted by Crippen LogP contribution is 2.22. The van der Waals surface area contributed by atoms with Crippen LogP contribution in [-0.4, -0.2) is 16.7 Å². The molecule has 0 spiro atoms. The molecule has 0 fully saturated rings. The molecule has 0 bridgehead atoms. The van der Waals surface area contributed by atoms with Gasteiger partial charge in [-0.2, -0.15) is 5.10 Å². The number of rotatable bonds is 3. The van der Waals surface area contributed by atoms with Gasteiger partial charge in [0.05, 0.1) is 6.21 Å². The number of carbonyl (C=O) groups is 1. The molecular weight excluding hydrogens is 274 g/mol. The average Bonchev–Trinajstić information content (AvgIpc) is 2.64. The van der Waals surface area contributed by atoms with E-state index in [1.165, 1.54) is 6.92 Å². The summed E-state index contributed by atoms with van der Waals surface area (Å²) in [5.74, 6) is -0.190. The van der Waals surface area contributed by atoms with Crippen molar-refractivity contribution in [1.82, 2.24) is 9.99 Å². The van der Waals surface area contributed by atoms with E-state index in [4.69, 9.17) is 11.6 Å². The zero-order chi connectivity index (χ0) is 14.7. The van der Waals surface area contributed by atoms with Crippen LogP contribution in [0.5, 0.6) is 0 Å². The summed E-state index contributed by atoms with van der Waals surface area (Å²) < 4.78 is 2.10. The molecule has 1 heterocycles. The first-order valence-electron chi connectivity index (χ1n) is 6.23. The molecule has 104 valence electrons. The van der Waals surface area contributed by atoms with E-state index in [0.717, 1.165) is 22.6 Å². The number of hydrogen-bond acceptors (Lipinski definition) is 2. The highest BCUT2D eigenvalue weighted by atomic mass is 35.5. The largest absolute Gasteiger partial charge is 0.318 e. The topological polar surface area (TPSA) is 46.4 Å². The molecule has 2 rings (SSSR count). The average molecular weight is 290 g/mol. The van der Waals surface area contributed by atoms with Crippen molar-refractivity contribution in [1.29, 1.82) is 0 Å². The quantitative estimate of drug-likeness (QED) is 0.684. The van der Waals surface area contributed by atoms with Crippen molar-refractivity contribution in [2.24, 2.45) is 5.10 Å². The number of halogens is 1. The number of aromatic nitrogens is 1. The van der Waals surface area contributed by atoms with E-state index in [1.807, 2.05) is 44.2 Å². The third kappa shape index (κ3) is 3.08. The summed E-state index contributed by atoms with van der Waals surface area (Å²) >= 11 is 6.04. The molecule has 1 N–H and O–H groups in total. The van der Waals surface area contributed by atoms with Crippen molar-refractivity contribution in [3.63, 3.8) is 0 Å². The third-order valence-electron chi connectivity index (χ3n) is 2.96. The van der Waals surface area contributed by atoms with Gasteiger partial charge in [-0.1, -0.05) is 17.7 Å². The summed E-state index contributed by atoms with van der Waals surface area (Å²) in [4.78, 5) is 10.8. The number of hydrazone groups is 1. The molecule has 5 heteroatoms. The van der Waals surface area contributed by atoms with Gasteiger partial charge in [0.25, 0.3) is 0 Å². The minimum Gasteiger partial charge on any atom is -0.318 e. The van der Waals surface area contributed by atoms with Crippen molar-refractivity contribution in [2.75, 3.05) is 0 Å². The molecule has 0 aliphatic carbocycles. The molecule has 1 amide bonds. The molecule has 4 nitrogen and oxygen atoms in total. The van der Waals surface area contributed by atoms with Crippen LogP contribution in [-0.2, 0) is 4.79 Å². The summed E-state index contributed by atoms with van der Waals surface area (Å²) in [6, 6.07) is 9.69. The maximum atomic E-state index is 10.8. The van der Waals surface area contributed by atoms with Gasteiger partial charge in [0.2, 0.25) is 5.91 Å². The summed E-state index contributed by atoms with van der Waals surface area (Å²) in [5, 5.41) is 4.60. The van der Waals surface area contributed by atoms with Crippen molar-refractivity contribution in [3.05, 3.63) is 52.3 Å². The molecule has 0 radical (unpaired) electrons. The van der Waals surface area contributed by atoms with Gasteiger partial charge in [0.15, 0.2) is 0 Å². The highest BCUT2D eigenvalue weighted by molar-refractivity contribution is 6.30. The SMILES string of the molecule is CC(=O)NN=Cc1cc(C)n(-c2cccc(Cl)c2)c1C. The summed E-state index contributed by atoms with van der Waals surface area (Å²) in [7, 11) is 0. The molecule has 2 aromatic rings. The van der Waals surface area contributed by atoms with Crippen molar-refractivity contribution < 1.29 is 4.79 Å². The second-order valence-corrected chi connectivity index (χ2v) is 5.00. The summed E-state index contributed by atoms with van der Waals surface area (Å²) in [5.41, 5.74) is 6.48. The van der Waals surface area contributed by atoms with Crippen LogP contribution in [0.1, 0.15) is 23.9 Å². The molecule has 1 aromatic heterocycles. The van der Waals surface area contributed by atoms with Gasteiger partial charge in [-0.15, -0.1) is 0 Å². The fourth-order valence-electron chi connectivity index (χ4n) is 2.12. The molecule has 0 saturated heterocycles. The van der Waals surface area contributed by atoms with Gasteiger partial charge in [0.1, 0.15) is 0 Å². The Labute approximate surface area is 123 Å². The number of nitrogens with one attached hydrogen (secondary N) is 1. The molecular formula is C15H16ClN3O. The predicted octanol–water partition coefficient (Wildman–Crippen LogP) is 3.22. The fourth-order valence-corrected chi connectivity index (χ4v) is 2.31. The molecule has 0 unspecified atom stereocenters. The molecule has 0 aliphatic rings. The summed E-state index contributed by atoms with van der Waals surface area (Å²) in [6.45, 7) is 5.44. The van der Waals surface area contributed by atoms with Crippen molar-refractivity contribution in [2.45, 2.75) is 20.8 Å². The zero-order valence-corrected chi connectivity index (χ0v) is 12.4. The van der Waals surface area contributed by atoms with Gasteiger partial charge in [-0.25, -0.2) is 5.43 Å². The molecule has 20 heavy (non-hydrogen) atoms. The van der Waals surface area contributed by atoms with Crippen LogP contribution < -0.4 is 5.43 Å². The molecule has 0 atom stereocenters. The van der Waals surface area contributed by atoms with E-state index in [0.29, 0.717) is 5.02 Å². The van der Waals surface area contributed by atoms with Gasteiger partial charge < -0.3 is 4.57 Å². The van der Waals surface area contributed by atoms with Gasteiger partial charge in [-0.05, 0) is 38.1 Å². The van der Waals surface area contributed by atoms with E-state index in [9.17, 15) is 4.79 Å². The molecule has 0 saturated carbocycles. The maximum Gasteiger partial charge on any atom is 0.236 e. The van der Waals surface area contributed by atoms with Crippen molar-refractivity contribution in [3.8, 4) is 5.69 Å². The fraction of sp³-hybridized carbons (Fsp3) is 0.200. The first kappa shape index (κ1) is 14.3. The van der Waals surface area contributed by atoms with Crippen LogP contribution in [0.15, 0.2) is 35.4 Å². The van der Waals surface area contributed by atoms with Gasteiger partial charge in [0, 0.05) is 34.6 Å². The molecule has 0 aliphatic heterocycles. The Bertz CT molecular complexity index is 674. The second kappa shape index (κ2) is 5.92. The number of amides is 1. The van der Waals surface area contributed by atoms with Crippen molar-refractivity contribution >= 4 is 23.7 Å². The maximum absolute atomic E-state index is 10.8. The summed E-state index contributed by atoms with van der Waals surface area (Å²) in [6.07, 6.45) is 1.64. The van der Waals surface area contributed by atoms with E-state index >= 15 is 0 Å². The highest BCUT2D eigenvalue weighted by Gasteiger charge is 2.09. The Kier molecular flexibility index (Phi) is 4.25. The Morgan fingerprint density at radius 2 is 2.10 bits per heavy atom. The number of carbonyl (C=O) groups excluding carboxylic acids is 1. The Morgan fingerprint density at radius 3 is 2.75 bits per heavy atom. The minimum absolute atomic E-state index is 0.190. The van der Waals surface area contributed by atoms with Gasteiger partial charge in [-0.3, -0.25) is 4.79 Å². The van der Waals surface area contributed by atoms with Crippen LogP contribution in [0, 0.1) is 13.8 Å². The van der Waals surface area contributed by atoms with Gasteiger partial charge >= 0.3 is 0 Å². The Hall–Kier alpha value is -2.07. The monoisotopic (exact) mass is 289 g/mol. The van der Waals surface area contributed by atoms with Crippen LogP contribution >= 0.6 is 11.6 Å². The normalized spacial score (nSPS) is 11.0. The number of hydrogen-bond donors (Lipinski definition) is 1. The number of nitrogens with zero attached hydrogens (tertiary/aromatic N) is 2. The molecule has 1 aromatic carbocycles. The van der Waals surface area contributed by atoms with E-state index in [1.54, 1.807) is 6.21 Å². The number of benzene rings is 1. The minimum atomic E-state index is -0.190. The smallest absolute Gasteiger partial charge is 0.236 e. The van der Waals surface area contributed by atoms with Crippen LogP contribution in [0.3, 0.4) is 0 Å².